The highest BCUT2D eigenvalue weighted by Crippen LogP contribution is 2.18. The number of carbonyl (C=O) groups excluding carboxylic acids is 1. The number of rotatable bonds is 1. The predicted molar refractivity (Wildman–Crippen MR) is 67.3 cm³/mol. The van der Waals surface area contributed by atoms with Gasteiger partial charge in [-0.25, -0.2) is 4.39 Å². The van der Waals surface area contributed by atoms with Crippen LogP contribution in [0.5, 0.6) is 0 Å². The molecule has 16 heavy (non-hydrogen) atoms. The van der Waals surface area contributed by atoms with Crippen molar-refractivity contribution in [2.45, 2.75) is 0 Å². The van der Waals surface area contributed by atoms with Gasteiger partial charge < -0.3 is 4.90 Å². The lowest BCUT2D eigenvalue weighted by Gasteiger charge is -2.26. The lowest BCUT2D eigenvalue weighted by Crippen LogP contribution is -2.37. The Hall–Kier alpha value is -0.550. The van der Waals surface area contributed by atoms with Gasteiger partial charge in [0, 0.05) is 34.6 Å². The highest BCUT2D eigenvalue weighted by molar-refractivity contribution is 9.10. The quantitative estimate of drug-likeness (QED) is 0.795. The third-order valence-electron chi connectivity index (χ3n) is 2.41. The largest absolute Gasteiger partial charge is 0.337 e. The Kier molecular flexibility index (Phi) is 3.86. The van der Waals surface area contributed by atoms with E-state index < -0.39 is 0 Å². The monoisotopic (exact) mass is 303 g/mol. The fourth-order valence-corrected chi connectivity index (χ4v) is 2.99. The second kappa shape index (κ2) is 5.19. The Bertz CT molecular complexity index is 387. The first-order valence-corrected chi connectivity index (χ1v) is 6.95. The molecular formula is C11H11BrFNOS. The number of halogens is 2. The van der Waals surface area contributed by atoms with E-state index in [0.717, 1.165) is 24.6 Å². The van der Waals surface area contributed by atoms with Crippen molar-refractivity contribution in [3.63, 3.8) is 0 Å². The van der Waals surface area contributed by atoms with Gasteiger partial charge in [-0.3, -0.25) is 4.79 Å². The van der Waals surface area contributed by atoms with Gasteiger partial charge in [-0.1, -0.05) is 15.9 Å². The van der Waals surface area contributed by atoms with Crippen LogP contribution in [0.15, 0.2) is 22.7 Å². The smallest absolute Gasteiger partial charge is 0.254 e. The lowest BCUT2D eigenvalue weighted by atomic mass is 10.2. The number of carbonyl (C=O) groups is 1. The van der Waals surface area contributed by atoms with Crippen molar-refractivity contribution in [3.8, 4) is 0 Å². The summed E-state index contributed by atoms with van der Waals surface area (Å²) in [4.78, 5) is 13.8. The van der Waals surface area contributed by atoms with Crippen LogP contribution >= 0.6 is 27.7 Å². The second-order valence-electron chi connectivity index (χ2n) is 3.56. The van der Waals surface area contributed by atoms with Crippen LogP contribution < -0.4 is 0 Å². The van der Waals surface area contributed by atoms with Crippen LogP contribution in [0, 0.1) is 5.82 Å². The molecule has 86 valence electrons. The predicted octanol–water partition coefficient (Wildman–Crippen LogP) is 2.78. The Balaban J connectivity index is 2.19. The summed E-state index contributed by atoms with van der Waals surface area (Å²) in [5, 5.41) is 0. The van der Waals surface area contributed by atoms with E-state index >= 15 is 0 Å². The molecule has 0 atom stereocenters. The van der Waals surface area contributed by atoms with Crippen LogP contribution in [0.25, 0.3) is 0 Å². The second-order valence-corrected chi connectivity index (χ2v) is 5.70. The molecule has 0 aliphatic carbocycles. The molecule has 1 aliphatic heterocycles. The van der Waals surface area contributed by atoms with E-state index in [9.17, 15) is 9.18 Å². The molecule has 2 nitrogen and oxygen atoms in total. The van der Waals surface area contributed by atoms with Crippen molar-refractivity contribution < 1.29 is 9.18 Å². The van der Waals surface area contributed by atoms with Gasteiger partial charge in [-0.15, -0.1) is 0 Å². The average Bonchev–Trinajstić information content (AvgIpc) is 2.28. The van der Waals surface area contributed by atoms with Gasteiger partial charge in [0.05, 0.1) is 0 Å². The van der Waals surface area contributed by atoms with E-state index in [0.29, 0.717) is 10.0 Å². The van der Waals surface area contributed by atoms with E-state index in [-0.39, 0.29) is 11.7 Å². The fourth-order valence-electron chi connectivity index (χ4n) is 1.63. The maximum absolute atomic E-state index is 13.2. The van der Waals surface area contributed by atoms with Crippen molar-refractivity contribution in [1.82, 2.24) is 4.90 Å². The Morgan fingerprint density at radius 3 is 2.62 bits per heavy atom. The minimum absolute atomic E-state index is 0.0829. The van der Waals surface area contributed by atoms with E-state index in [2.05, 4.69) is 15.9 Å². The Morgan fingerprint density at radius 1 is 1.31 bits per heavy atom. The molecule has 2 rings (SSSR count). The zero-order valence-corrected chi connectivity index (χ0v) is 11.0. The van der Waals surface area contributed by atoms with E-state index in [1.54, 1.807) is 11.0 Å². The Morgan fingerprint density at radius 2 is 2.00 bits per heavy atom. The summed E-state index contributed by atoms with van der Waals surface area (Å²) in [6.07, 6.45) is 0. The molecule has 0 bridgehead atoms. The summed E-state index contributed by atoms with van der Waals surface area (Å²) in [5.41, 5.74) is 0.416. The molecule has 1 saturated heterocycles. The van der Waals surface area contributed by atoms with Gasteiger partial charge in [-0.2, -0.15) is 11.8 Å². The fraction of sp³-hybridized carbons (Fsp3) is 0.364. The van der Waals surface area contributed by atoms with Gasteiger partial charge in [0.1, 0.15) is 5.82 Å². The molecule has 1 fully saturated rings. The highest BCUT2D eigenvalue weighted by Gasteiger charge is 2.19. The molecule has 0 aromatic heterocycles. The van der Waals surface area contributed by atoms with Crippen molar-refractivity contribution in [3.05, 3.63) is 34.1 Å². The van der Waals surface area contributed by atoms with E-state index in [1.165, 1.54) is 12.1 Å². The molecule has 5 heteroatoms. The van der Waals surface area contributed by atoms with Crippen molar-refractivity contribution in [2.24, 2.45) is 0 Å². The number of thioether (sulfide) groups is 1. The van der Waals surface area contributed by atoms with Crippen LogP contribution in [0.4, 0.5) is 4.39 Å². The van der Waals surface area contributed by atoms with Crippen LogP contribution in [0.3, 0.4) is 0 Å². The molecule has 0 N–H and O–H groups in total. The zero-order valence-electron chi connectivity index (χ0n) is 8.58. The highest BCUT2D eigenvalue weighted by atomic mass is 79.9. The third-order valence-corrected chi connectivity index (χ3v) is 3.81. The van der Waals surface area contributed by atoms with E-state index in [1.807, 2.05) is 11.8 Å². The molecule has 1 aromatic carbocycles. The molecule has 0 spiro atoms. The van der Waals surface area contributed by atoms with Gasteiger partial charge in [-0.05, 0) is 18.2 Å². The van der Waals surface area contributed by atoms with Gasteiger partial charge >= 0.3 is 0 Å². The number of nitrogens with zero attached hydrogens (tertiary/aromatic N) is 1. The summed E-state index contributed by atoms with van der Waals surface area (Å²) in [6, 6.07) is 4.30. The van der Waals surface area contributed by atoms with Gasteiger partial charge in [0.25, 0.3) is 5.91 Å². The first-order chi connectivity index (χ1) is 7.66. The van der Waals surface area contributed by atoms with Crippen LogP contribution in [0.1, 0.15) is 10.4 Å². The summed E-state index contributed by atoms with van der Waals surface area (Å²) in [5.74, 6) is 1.45. The topological polar surface area (TPSA) is 20.3 Å². The SMILES string of the molecule is O=C(c1cc(F)cc(Br)c1)N1CCSCC1. The average molecular weight is 304 g/mol. The number of hydrogen-bond donors (Lipinski definition) is 0. The van der Waals surface area contributed by atoms with Crippen molar-refractivity contribution >= 4 is 33.6 Å². The summed E-state index contributed by atoms with van der Waals surface area (Å²) >= 11 is 5.03. The zero-order chi connectivity index (χ0) is 11.5. The summed E-state index contributed by atoms with van der Waals surface area (Å²) in [7, 11) is 0. The third kappa shape index (κ3) is 2.77. The minimum atomic E-state index is -0.385. The molecule has 0 saturated carbocycles. The normalized spacial score (nSPS) is 16.2. The molecule has 1 heterocycles. The van der Waals surface area contributed by atoms with Crippen LogP contribution in [-0.2, 0) is 0 Å². The van der Waals surface area contributed by atoms with Gasteiger partial charge in [0.2, 0.25) is 0 Å². The molecule has 1 aromatic rings. The van der Waals surface area contributed by atoms with Crippen LogP contribution in [0.2, 0.25) is 0 Å². The molecule has 0 radical (unpaired) electrons. The molecule has 1 amide bonds. The van der Waals surface area contributed by atoms with Crippen LogP contribution in [-0.4, -0.2) is 35.4 Å². The molecule has 1 aliphatic rings. The van der Waals surface area contributed by atoms with Crippen molar-refractivity contribution in [2.75, 3.05) is 24.6 Å². The maximum Gasteiger partial charge on any atom is 0.254 e. The van der Waals surface area contributed by atoms with Crippen molar-refractivity contribution in [1.29, 1.82) is 0 Å². The number of amides is 1. The lowest BCUT2D eigenvalue weighted by molar-refractivity contribution is 0.0771. The summed E-state index contributed by atoms with van der Waals surface area (Å²) < 4.78 is 13.7. The molecule has 0 unspecified atom stereocenters. The Labute approximate surface area is 106 Å². The number of hydrogen-bond acceptors (Lipinski definition) is 2. The first-order valence-electron chi connectivity index (χ1n) is 5.00. The first kappa shape index (κ1) is 11.9. The molecular weight excluding hydrogens is 293 g/mol. The maximum atomic E-state index is 13.2. The standard InChI is InChI=1S/C11H11BrFNOS/c12-9-5-8(6-10(13)7-9)11(15)14-1-3-16-4-2-14/h5-7H,1-4H2. The number of benzene rings is 1. The minimum Gasteiger partial charge on any atom is -0.337 e. The summed E-state index contributed by atoms with van der Waals surface area (Å²) in [6.45, 7) is 1.50. The van der Waals surface area contributed by atoms with Gasteiger partial charge in [0.15, 0.2) is 0 Å². The van der Waals surface area contributed by atoms with E-state index in [4.69, 9.17) is 0 Å².